The lowest BCUT2D eigenvalue weighted by Gasteiger charge is -2.42. The quantitative estimate of drug-likeness (QED) is 0.787. The average molecular weight is 271 g/mol. The molecule has 1 saturated heterocycles. The predicted octanol–water partition coefficient (Wildman–Crippen LogP) is 4.26. The molecule has 1 heterocycles. The molecule has 0 radical (unpaired) electrons. The summed E-state index contributed by atoms with van der Waals surface area (Å²) in [6.07, 6.45) is 10.4. The van der Waals surface area contributed by atoms with Crippen LogP contribution < -0.4 is 0 Å². The second-order valence-corrected chi connectivity index (χ2v) is 6.33. The van der Waals surface area contributed by atoms with Crippen LogP contribution in [0.4, 0.5) is 0 Å². The molecule has 1 atom stereocenters. The van der Waals surface area contributed by atoms with Crippen LogP contribution in [0.15, 0.2) is 30.3 Å². The maximum Gasteiger partial charge on any atom is 0.254 e. The van der Waals surface area contributed by atoms with Crippen LogP contribution in [0.5, 0.6) is 0 Å². The maximum atomic E-state index is 12.8. The van der Waals surface area contributed by atoms with Gasteiger partial charge in [-0.05, 0) is 50.2 Å². The van der Waals surface area contributed by atoms with Crippen molar-refractivity contribution < 1.29 is 4.79 Å². The SMILES string of the molecule is O=C(c1ccccc1)N1CCCC[C@H]1C1CCCCC1. The number of hydrogen-bond donors (Lipinski definition) is 0. The Morgan fingerprint density at radius 2 is 1.60 bits per heavy atom. The fourth-order valence-electron chi connectivity index (χ4n) is 3.97. The largest absolute Gasteiger partial charge is 0.335 e. The van der Waals surface area contributed by atoms with E-state index >= 15 is 0 Å². The maximum absolute atomic E-state index is 12.8. The highest BCUT2D eigenvalue weighted by atomic mass is 16.2. The highest BCUT2D eigenvalue weighted by Gasteiger charge is 2.33. The molecule has 2 nitrogen and oxygen atoms in total. The fourth-order valence-corrected chi connectivity index (χ4v) is 3.97. The molecule has 0 bridgehead atoms. The lowest BCUT2D eigenvalue weighted by molar-refractivity contribution is 0.0467. The second-order valence-electron chi connectivity index (χ2n) is 6.33. The molecule has 1 aromatic carbocycles. The molecular weight excluding hydrogens is 246 g/mol. The van der Waals surface area contributed by atoms with E-state index in [2.05, 4.69) is 4.90 Å². The minimum atomic E-state index is 0.251. The fraction of sp³-hybridized carbons (Fsp3) is 0.611. The van der Waals surface area contributed by atoms with Gasteiger partial charge in [0.05, 0.1) is 0 Å². The first-order chi connectivity index (χ1) is 9.86. The molecule has 1 saturated carbocycles. The Hall–Kier alpha value is -1.31. The molecule has 0 unspecified atom stereocenters. The summed E-state index contributed by atoms with van der Waals surface area (Å²) in [5.74, 6) is 0.998. The Kier molecular flexibility index (Phi) is 4.39. The van der Waals surface area contributed by atoms with Crippen molar-refractivity contribution in [3.8, 4) is 0 Å². The van der Waals surface area contributed by atoms with E-state index in [9.17, 15) is 4.79 Å². The van der Waals surface area contributed by atoms with Gasteiger partial charge in [0.1, 0.15) is 0 Å². The van der Waals surface area contributed by atoms with Crippen molar-refractivity contribution in [3.05, 3.63) is 35.9 Å². The first-order valence-corrected chi connectivity index (χ1v) is 8.22. The number of amides is 1. The van der Waals surface area contributed by atoms with Gasteiger partial charge in [0.15, 0.2) is 0 Å². The lowest BCUT2D eigenvalue weighted by atomic mass is 9.79. The Bertz CT molecular complexity index is 436. The molecule has 0 aromatic heterocycles. The molecule has 1 aliphatic carbocycles. The molecular formula is C18H25NO. The summed E-state index contributed by atoms with van der Waals surface area (Å²) < 4.78 is 0. The van der Waals surface area contributed by atoms with E-state index < -0.39 is 0 Å². The third kappa shape index (κ3) is 2.89. The number of nitrogens with zero attached hydrogens (tertiary/aromatic N) is 1. The van der Waals surface area contributed by atoms with Gasteiger partial charge in [0.2, 0.25) is 0 Å². The van der Waals surface area contributed by atoms with Gasteiger partial charge in [-0.2, -0.15) is 0 Å². The lowest BCUT2D eigenvalue weighted by Crippen LogP contribution is -2.48. The number of rotatable bonds is 2. The molecule has 0 spiro atoms. The predicted molar refractivity (Wildman–Crippen MR) is 81.7 cm³/mol. The molecule has 2 heteroatoms. The van der Waals surface area contributed by atoms with Crippen LogP contribution >= 0.6 is 0 Å². The van der Waals surface area contributed by atoms with Gasteiger partial charge in [-0.15, -0.1) is 0 Å². The summed E-state index contributed by atoms with van der Waals surface area (Å²) in [6.45, 7) is 0.953. The number of benzene rings is 1. The standard InChI is InChI=1S/C18H25NO/c20-18(16-11-5-2-6-12-16)19-14-8-7-13-17(19)15-9-3-1-4-10-15/h2,5-6,11-12,15,17H,1,3-4,7-10,13-14H2/t17-/m0/s1. The number of likely N-dealkylation sites (tertiary alicyclic amines) is 1. The van der Waals surface area contributed by atoms with Crippen LogP contribution in [-0.4, -0.2) is 23.4 Å². The Morgan fingerprint density at radius 3 is 2.35 bits per heavy atom. The van der Waals surface area contributed by atoms with E-state index in [-0.39, 0.29) is 5.91 Å². The number of carbonyl (C=O) groups is 1. The van der Waals surface area contributed by atoms with Gasteiger partial charge in [0.25, 0.3) is 5.91 Å². The van der Waals surface area contributed by atoms with Crippen LogP contribution in [0.25, 0.3) is 0 Å². The van der Waals surface area contributed by atoms with Gasteiger partial charge >= 0.3 is 0 Å². The van der Waals surface area contributed by atoms with Crippen molar-refractivity contribution in [1.29, 1.82) is 0 Å². The smallest absolute Gasteiger partial charge is 0.254 e. The first-order valence-electron chi connectivity index (χ1n) is 8.22. The zero-order valence-electron chi connectivity index (χ0n) is 12.3. The first kappa shape index (κ1) is 13.7. The molecule has 3 rings (SSSR count). The van der Waals surface area contributed by atoms with E-state index in [4.69, 9.17) is 0 Å². The van der Waals surface area contributed by atoms with Gasteiger partial charge in [-0.1, -0.05) is 37.5 Å². The summed E-state index contributed by atoms with van der Waals surface area (Å²) in [7, 11) is 0. The topological polar surface area (TPSA) is 20.3 Å². The van der Waals surface area contributed by atoms with Crippen molar-refractivity contribution >= 4 is 5.91 Å². The third-order valence-corrected chi connectivity index (χ3v) is 5.02. The van der Waals surface area contributed by atoms with E-state index in [0.717, 1.165) is 18.0 Å². The summed E-state index contributed by atoms with van der Waals surface area (Å²) in [6, 6.07) is 10.3. The van der Waals surface area contributed by atoms with Crippen molar-refractivity contribution in [2.45, 2.75) is 57.4 Å². The van der Waals surface area contributed by atoms with Crippen molar-refractivity contribution in [1.82, 2.24) is 4.90 Å². The summed E-state index contributed by atoms with van der Waals surface area (Å²) >= 11 is 0. The highest BCUT2D eigenvalue weighted by molar-refractivity contribution is 5.94. The third-order valence-electron chi connectivity index (χ3n) is 5.02. The van der Waals surface area contributed by atoms with Gasteiger partial charge < -0.3 is 4.90 Å². The minimum Gasteiger partial charge on any atom is -0.335 e. The van der Waals surface area contributed by atoms with Crippen molar-refractivity contribution in [3.63, 3.8) is 0 Å². The highest BCUT2D eigenvalue weighted by Crippen LogP contribution is 2.34. The van der Waals surface area contributed by atoms with Crippen LogP contribution in [0.3, 0.4) is 0 Å². The van der Waals surface area contributed by atoms with Crippen molar-refractivity contribution in [2.75, 3.05) is 6.54 Å². The molecule has 2 aliphatic rings. The molecule has 1 amide bonds. The summed E-state index contributed by atoms with van der Waals surface area (Å²) in [5.41, 5.74) is 0.857. The molecule has 1 aliphatic heterocycles. The number of hydrogen-bond acceptors (Lipinski definition) is 1. The van der Waals surface area contributed by atoms with Crippen LogP contribution in [0, 0.1) is 5.92 Å². The van der Waals surface area contributed by atoms with E-state index in [1.54, 1.807) is 0 Å². The second kappa shape index (κ2) is 6.43. The van der Waals surface area contributed by atoms with Crippen LogP contribution in [-0.2, 0) is 0 Å². The zero-order chi connectivity index (χ0) is 13.8. The summed E-state index contributed by atoms with van der Waals surface area (Å²) in [4.78, 5) is 15.0. The van der Waals surface area contributed by atoms with E-state index in [1.807, 2.05) is 30.3 Å². The Morgan fingerprint density at radius 1 is 0.900 bits per heavy atom. The molecule has 2 fully saturated rings. The van der Waals surface area contributed by atoms with Crippen molar-refractivity contribution in [2.24, 2.45) is 5.92 Å². The van der Waals surface area contributed by atoms with Gasteiger partial charge in [-0.3, -0.25) is 4.79 Å². The molecule has 108 valence electrons. The van der Waals surface area contributed by atoms with Crippen LogP contribution in [0.2, 0.25) is 0 Å². The monoisotopic (exact) mass is 271 g/mol. The molecule has 0 N–H and O–H groups in total. The summed E-state index contributed by atoms with van der Waals surface area (Å²) in [5, 5.41) is 0. The van der Waals surface area contributed by atoms with E-state index in [0.29, 0.717) is 6.04 Å². The normalized spacial score (nSPS) is 24.6. The zero-order valence-corrected chi connectivity index (χ0v) is 12.3. The molecule has 1 aromatic rings. The average Bonchev–Trinajstić information content (AvgIpc) is 2.56. The Labute approximate surface area is 122 Å². The van der Waals surface area contributed by atoms with Gasteiger partial charge in [0, 0.05) is 18.2 Å². The van der Waals surface area contributed by atoms with E-state index in [1.165, 1.54) is 51.4 Å². The number of piperidine rings is 1. The Balaban J connectivity index is 1.76. The van der Waals surface area contributed by atoms with Gasteiger partial charge in [-0.25, -0.2) is 0 Å². The minimum absolute atomic E-state index is 0.251. The number of carbonyl (C=O) groups excluding carboxylic acids is 1. The molecule has 20 heavy (non-hydrogen) atoms. The van der Waals surface area contributed by atoms with Crippen LogP contribution in [0.1, 0.15) is 61.7 Å².